The molecule has 118 valence electrons. The SMILES string of the molecule is CC(C)(C)c1cc2n(c1)CC(CO)CN(C(C)(C)C)C2=O. The summed E-state index contributed by atoms with van der Waals surface area (Å²) in [5.41, 5.74) is 1.68. The maximum absolute atomic E-state index is 12.9. The summed E-state index contributed by atoms with van der Waals surface area (Å²) in [6.07, 6.45) is 2.07. The van der Waals surface area contributed by atoms with E-state index in [1.807, 2.05) is 36.3 Å². The minimum absolute atomic E-state index is 0.0146. The van der Waals surface area contributed by atoms with E-state index in [1.165, 1.54) is 5.56 Å². The Hall–Kier alpha value is -1.29. The van der Waals surface area contributed by atoms with Crippen molar-refractivity contribution in [2.75, 3.05) is 13.2 Å². The molecule has 1 aliphatic heterocycles. The van der Waals surface area contributed by atoms with Gasteiger partial charge >= 0.3 is 0 Å². The molecule has 0 aromatic carbocycles. The molecule has 1 atom stereocenters. The van der Waals surface area contributed by atoms with Crippen molar-refractivity contribution in [2.45, 2.75) is 59.0 Å². The van der Waals surface area contributed by atoms with Crippen LogP contribution in [0, 0.1) is 5.92 Å². The molecular formula is C17H28N2O2. The van der Waals surface area contributed by atoms with Gasteiger partial charge in [-0.15, -0.1) is 0 Å². The van der Waals surface area contributed by atoms with Gasteiger partial charge in [-0.05, 0) is 37.8 Å². The average molecular weight is 292 g/mol. The molecule has 21 heavy (non-hydrogen) atoms. The molecular weight excluding hydrogens is 264 g/mol. The fourth-order valence-corrected chi connectivity index (χ4v) is 2.76. The van der Waals surface area contributed by atoms with E-state index in [-0.39, 0.29) is 29.4 Å². The van der Waals surface area contributed by atoms with Gasteiger partial charge in [0.05, 0.1) is 0 Å². The molecule has 1 amide bonds. The second kappa shape index (κ2) is 5.16. The van der Waals surface area contributed by atoms with Crippen molar-refractivity contribution in [3.05, 3.63) is 23.5 Å². The first-order chi connectivity index (χ1) is 9.54. The first kappa shape index (κ1) is 16.1. The molecule has 4 nitrogen and oxygen atoms in total. The largest absolute Gasteiger partial charge is 0.396 e. The second-order valence-electron chi connectivity index (χ2n) is 8.15. The quantitative estimate of drug-likeness (QED) is 0.865. The Kier molecular flexibility index (Phi) is 3.96. The van der Waals surface area contributed by atoms with Crippen molar-refractivity contribution in [1.29, 1.82) is 0 Å². The number of fused-ring (bicyclic) bond motifs is 1. The molecule has 1 aromatic rings. The van der Waals surface area contributed by atoms with Crippen molar-refractivity contribution in [3.8, 4) is 0 Å². The summed E-state index contributed by atoms with van der Waals surface area (Å²) >= 11 is 0. The van der Waals surface area contributed by atoms with Gasteiger partial charge in [-0.25, -0.2) is 0 Å². The van der Waals surface area contributed by atoms with Crippen LogP contribution >= 0.6 is 0 Å². The zero-order valence-corrected chi connectivity index (χ0v) is 14.1. The zero-order valence-electron chi connectivity index (χ0n) is 14.1. The molecule has 2 rings (SSSR count). The van der Waals surface area contributed by atoms with E-state index in [2.05, 4.69) is 27.0 Å². The highest BCUT2D eigenvalue weighted by Crippen LogP contribution is 2.29. The number of nitrogens with zero attached hydrogens (tertiary/aromatic N) is 2. The molecule has 0 saturated heterocycles. The number of aliphatic hydroxyl groups excluding tert-OH is 1. The van der Waals surface area contributed by atoms with E-state index in [9.17, 15) is 9.90 Å². The van der Waals surface area contributed by atoms with E-state index < -0.39 is 0 Å². The Bertz CT molecular complexity index is 532. The van der Waals surface area contributed by atoms with Crippen LogP contribution in [0.1, 0.15) is 57.6 Å². The highest BCUT2D eigenvalue weighted by molar-refractivity contribution is 5.94. The van der Waals surface area contributed by atoms with Gasteiger partial charge in [-0.2, -0.15) is 0 Å². The van der Waals surface area contributed by atoms with Gasteiger partial charge in [0.15, 0.2) is 0 Å². The van der Waals surface area contributed by atoms with E-state index in [0.717, 1.165) is 5.69 Å². The highest BCUT2D eigenvalue weighted by atomic mass is 16.3. The lowest BCUT2D eigenvalue weighted by molar-refractivity contribution is 0.0513. The van der Waals surface area contributed by atoms with Crippen LogP contribution in [0.3, 0.4) is 0 Å². The Morgan fingerprint density at radius 1 is 1.19 bits per heavy atom. The minimum Gasteiger partial charge on any atom is -0.396 e. The molecule has 0 spiro atoms. The first-order valence-electron chi connectivity index (χ1n) is 7.67. The number of rotatable bonds is 1. The predicted molar refractivity (Wildman–Crippen MR) is 84.5 cm³/mol. The Labute approximate surface area is 127 Å². The molecule has 1 aliphatic rings. The summed E-state index contributed by atoms with van der Waals surface area (Å²) in [4.78, 5) is 14.8. The van der Waals surface area contributed by atoms with Crippen molar-refractivity contribution in [3.63, 3.8) is 0 Å². The van der Waals surface area contributed by atoms with Crippen LogP contribution in [0.25, 0.3) is 0 Å². The summed E-state index contributed by atoms with van der Waals surface area (Å²) in [5, 5.41) is 9.63. The van der Waals surface area contributed by atoms with Gasteiger partial charge in [0, 0.05) is 37.4 Å². The fourth-order valence-electron chi connectivity index (χ4n) is 2.76. The van der Waals surface area contributed by atoms with Crippen LogP contribution < -0.4 is 0 Å². The Morgan fingerprint density at radius 3 is 2.29 bits per heavy atom. The summed E-state index contributed by atoms with van der Waals surface area (Å²) < 4.78 is 2.02. The molecule has 0 bridgehead atoms. The molecule has 2 heterocycles. The lowest BCUT2D eigenvalue weighted by Gasteiger charge is -2.36. The monoisotopic (exact) mass is 292 g/mol. The molecule has 4 heteroatoms. The number of hydrogen-bond acceptors (Lipinski definition) is 2. The molecule has 0 fully saturated rings. The number of aromatic nitrogens is 1. The van der Waals surface area contributed by atoms with Crippen LogP contribution in [-0.4, -0.2) is 39.2 Å². The molecule has 1 N–H and O–H groups in total. The Balaban J connectivity index is 2.49. The Morgan fingerprint density at radius 2 is 1.81 bits per heavy atom. The topological polar surface area (TPSA) is 45.5 Å². The summed E-state index contributed by atoms with van der Waals surface area (Å²) in [6.45, 7) is 14.0. The number of hydrogen-bond donors (Lipinski definition) is 1. The van der Waals surface area contributed by atoms with Crippen molar-refractivity contribution >= 4 is 5.91 Å². The normalized spacial score (nSPS) is 20.4. The van der Waals surface area contributed by atoms with Crippen molar-refractivity contribution in [1.82, 2.24) is 9.47 Å². The van der Waals surface area contributed by atoms with Crippen LogP contribution in [0.4, 0.5) is 0 Å². The molecule has 1 unspecified atom stereocenters. The van der Waals surface area contributed by atoms with Crippen LogP contribution in [0.15, 0.2) is 12.3 Å². The average Bonchev–Trinajstić information content (AvgIpc) is 2.70. The zero-order chi connectivity index (χ0) is 16.0. The van der Waals surface area contributed by atoms with E-state index >= 15 is 0 Å². The number of amides is 1. The molecule has 0 saturated carbocycles. The molecule has 1 aromatic heterocycles. The maximum Gasteiger partial charge on any atom is 0.270 e. The maximum atomic E-state index is 12.9. The predicted octanol–water partition coefficient (Wildman–Crippen LogP) is 2.65. The third-order valence-corrected chi connectivity index (χ3v) is 4.19. The minimum atomic E-state index is -0.244. The summed E-state index contributed by atoms with van der Waals surface area (Å²) in [7, 11) is 0. The third-order valence-electron chi connectivity index (χ3n) is 4.19. The van der Waals surface area contributed by atoms with Crippen LogP contribution in [0.5, 0.6) is 0 Å². The highest BCUT2D eigenvalue weighted by Gasteiger charge is 2.35. The van der Waals surface area contributed by atoms with Crippen molar-refractivity contribution in [2.24, 2.45) is 5.92 Å². The number of carbonyl (C=O) groups excluding carboxylic acids is 1. The smallest absolute Gasteiger partial charge is 0.270 e. The molecule has 0 radical (unpaired) electrons. The van der Waals surface area contributed by atoms with Crippen molar-refractivity contribution < 1.29 is 9.90 Å². The van der Waals surface area contributed by atoms with Crippen LogP contribution in [0.2, 0.25) is 0 Å². The van der Waals surface area contributed by atoms with Crippen LogP contribution in [-0.2, 0) is 12.0 Å². The van der Waals surface area contributed by atoms with Gasteiger partial charge in [0.25, 0.3) is 5.91 Å². The third kappa shape index (κ3) is 3.15. The van der Waals surface area contributed by atoms with E-state index in [4.69, 9.17) is 0 Å². The lowest BCUT2D eigenvalue weighted by atomic mass is 9.89. The molecule has 0 aliphatic carbocycles. The lowest BCUT2D eigenvalue weighted by Crippen LogP contribution is -2.47. The van der Waals surface area contributed by atoms with E-state index in [0.29, 0.717) is 13.1 Å². The number of carbonyl (C=O) groups is 1. The fraction of sp³-hybridized carbons (Fsp3) is 0.706. The summed E-state index contributed by atoms with van der Waals surface area (Å²) in [6, 6.07) is 2.01. The summed E-state index contributed by atoms with van der Waals surface area (Å²) in [5.74, 6) is 0.142. The van der Waals surface area contributed by atoms with Gasteiger partial charge in [0.1, 0.15) is 5.69 Å². The number of aliphatic hydroxyl groups is 1. The van der Waals surface area contributed by atoms with Gasteiger partial charge in [0.2, 0.25) is 0 Å². The standard InChI is InChI=1S/C17H28N2O2/c1-16(2,3)13-7-14-15(21)19(17(4,5)6)9-12(11-20)8-18(14)10-13/h7,10,12,20H,8-9,11H2,1-6H3. The van der Waals surface area contributed by atoms with E-state index in [1.54, 1.807) is 0 Å². The van der Waals surface area contributed by atoms with Gasteiger partial charge in [-0.1, -0.05) is 20.8 Å². The van der Waals surface area contributed by atoms with Gasteiger partial charge < -0.3 is 14.6 Å². The first-order valence-corrected chi connectivity index (χ1v) is 7.67. The van der Waals surface area contributed by atoms with Gasteiger partial charge in [-0.3, -0.25) is 4.79 Å². The second-order valence-corrected chi connectivity index (χ2v) is 8.15.